The molecule has 0 bridgehead atoms. The molecule has 1 N–H and O–H groups in total. The predicted molar refractivity (Wildman–Crippen MR) is 50.1 cm³/mol. The number of allylic oxidation sites excluding steroid dienone is 1. The van der Waals surface area contributed by atoms with Crippen LogP contribution in [-0.2, 0) is 4.79 Å². The van der Waals surface area contributed by atoms with E-state index >= 15 is 0 Å². The number of rotatable bonds is 4. The molecular weight excluding hydrogens is 152 g/mol. The molecule has 0 saturated carbocycles. The van der Waals surface area contributed by atoms with Crippen LogP contribution in [0.4, 0.5) is 0 Å². The molecule has 0 aliphatic rings. The maximum absolute atomic E-state index is 10.4. The van der Waals surface area contributed by atoms with Gasteiger partial charge in [0.25, 0.3) is 0 Å². The van der Waals surface area contributed by atoms with Gasteiger partial charge < -0.3 is 5.11 Å². The summed E-state index contributed by atoms with van der Waals surface area (Å²) < 4.78 is 0. The van der Waals surface area contributed by atoms with Crippen LogP contribution in [0.25, 0.3) is 0 Å². The van der Waals surface area contributed by atoms with Gasteiger partial charge in [0.05, 0.1) is 0 Å². The van der Waals surface area contributed by atoms with E-state index in [1.165, 1.54) is 6.08 Å². The van der Waals surface area contributed by atoms with Crippen molar-refractivity contribution in [1.82, 2.24) is 0 Å². The van der Waals surface area contributed by atoms with Crippen molar-refractivity contribution in [1.29, 1.82) is 0 Å². The van der Waals surface area contributed by atoms with Crippen molar-refractivity contribution in [3.05, 3.63) is 11.6 Å². The van der Waals surface area contributed by atoms with Crippen LogP contribution in [0.5, 0.6) is 0 Å². The molecule has 0 radical (unpaired) electrons. The second-order valence-corrected chi connectivity index (χ2v) is 3.80. The Morgan fingerprint density at radius 1 is 1.50 bits per heavy atom. The minimum atomic E-state index is -0.850. The zero-order valence-corrected chi connectivity index (χ0v) is 8.35. The normalized spacial score (nSPS) is 13.2. The third kappa shape index (κ3) is 3.56. The zero-order valence-electron chi connectivity index (χ0n) is 8.35. The van der Waals surface area contributed by atoms with Crippen molar-refractivity contribution in [2.24, 2.45) is 5.41 Å². The SMILES string of the molecule is CCCC(C)(C)C(C)=CC(=O)O. The summed E-state index contributed by atoms with van der Waals surface area (Å²) >= 11 is 0. The van der Waals surface area contributed by atoms with E-state index in [0.717, 1.165) is 18.4 Å². The Morgan fingerprint density at radius 2 is 2.00 bits per heavy atom. The lowest BCUT2D eigenvalue weighted by Crippen LogP contribution is -2.13. The van der Waals surface area contributed by atoms with Crippen LogP contribution in [0, 0.1) is 5.41 Å². The molecule has 12 heavy (non-hydrogen) atoms. The average Bonchev–Trinajstić information content (AvgIpc) is 1.85. The van der Waals surface area contributed by atoms with Gasteiger partial charge in [-0.05, 0) is 18.8 Å². The fourth-order valence-electron chi connectivity index (χ4n) is 1.20. The maximum atomic E-state index is 10.4. The van der Waals surface area contributed by atoms with E-state index in [1.807, 2.05) is 6.92 Å². The first-order chi connectivity index (χ1) is 5.40. The van der Waals surface area contributed by atoms with Crippen molar-refractivity contribution in [3.8, 4) is 0 Å². The van der Waals surface area contributed by atoms with Gasteiger partial charge >= 0.3 is 5.97 Å². The summed E-state index contributed by atoms with van der Waals surface area (Å²) in [7, 11) is 0. The number of carboxylic acids is 1. The summed E-state index contributed by atoms with van der Waals surface area (Å²) in [6.45, 7) is 8.14. The summed E-state index contributed by atoms with van der Waals surface area (Å²) in [4.78, 5) is 10.4. The standard InChI is InChI=1S/C10H18O2/c1-5-6-10(3,4)8(2)7-9(11)12/h7H,5-6H2,1-4H3,(H,11,12). The average molecular weight is 170 g/mol. The quantitative estimate of drug-likeness (QED) is 0.659. The fraction of sp³-hybridized carbons (Fsp3) is 0.700. The number of hydrogen-bond acceptors (Lipinski definition) is 1. The molecule has 0 saturated heterocycles. The Kier molecular flexibility index (Phi) is 4.01. The molecule has 0 unspecified atom stereocenters. The smallest absolute Gasteiger partial charge is 0.328 e. The maximum Gasteiger partial charge on any atom is 0.328 e. The Bertz CT molecular complexity index is 190. The van der Waals surface area contributed by atoms with Gasteiger partial charge in [-0.3, -0.25) is 0 Å². The molecule has 0 aromatic rings. The van der Waals surface area contributed by atoms with Gasteiger partial charge in [0.15, 0.2) is 0 Å². The van der Waals surface area contributed by atoms with Crippen LogP contribution in [0.15, 0.2) is 11.6 Å². The van der Waals surface area contributed by atoms with E-state index in [4.69, 9.17) is 5.11 Å². The van der Waals surface area contributed by atoms with E-state index in [1.54, 1.807) is 0 Å². The topological polar surface area (TPSA) is 37.3 Å². The van der Waals surface area contributed by atoms with Crippen LogP contribution in [0.1, 0.15) is 40.5 Å². The van der Waals surface area contributed by atoms with Crippen LogP contribution >= 0.6 is 0 Å². The van der Waals surface area contributed by atoms with Gasteiger partial charge in [0.1, 0.15) is 0 Å². The summed E-state index contributed by atoms with van der Waals surface area (Å²) in [5, 5.41) is 8.54. The van der Waals surface area contributed by atoms with E-state index in [9.17, 15) is 4.79 Å². The number of hydrogen-bond donors (Lipinski definition) is 1. The Hall–Kier alpha value is -0.790. The van der Waals surface area contributed by atoms with Gasteiger partial charge in [0, 0.05) is 6.08 Å². The Labute approximate surface area is 74.3 Å². The lowest BCUT2D eigenvalue weighted by molar-refractivity contribution is -0.131. The number of carboxylic acid groups (broad SMARTS) is 1. The third-order valence-corrected chi connectivity index (χ3v) is 2.28. The van der Waals surface area contributed by atoms with Crippen LogP contribution in [0.3, 0.4) is 0 Å². The highest BCUT2D eigenvalue weighted by Gasteiger charge is 2.19. The first kappa shape index (κ1) is 11.2. The van der Waals surface area contributed by atoms with Crippen LogP contribution < -0.4 is 0 Å². The summed E-state index contributed by atoms with van der Waals surface area (Å²) in [5.74, 6) is -0.850. The minimum Gasteiger partial charge on any atom is -0.478 e. The molecule has 70 valence electrons. The molecule has 0 heterocycles. The summed E-state index contributed by atoms with van der Waals surface area (Å²) in [5.41, 5.74) is 0.963. The molecule has 0 spiro atoms. The molecule has 0 rings (SSSR count). The van der Waals surface area contributed by atoms with E-state index < -0.39 is 5.97 Å². The third-order valence-electron chi connectivity index (χ3n) is 2.28. The first-order valence-corrected chi connectivity index (χ1v) is 4.32. The fourth-order valence-corrected chi connectivity index (χ4v) is 1.20. The molecule has 2 nitrogen and oxygen atoms in total. The zero-order chi connectivity index (χ0) is 9.78. The molecule has 0 aromatic heterocycles. The molecule has 0 fully saturated rings. The van der Waals surface area contributed by atoms with E-state index in [-0.39, 0.29) is 5.41 Å². The van der Waals surface area contributed by atoms with Gasteiger partial charge in [-0.1, -0.05) is 32.8 Å². The van der Waals surface area contributed by atoms with Crippen molar-refractivity contribution in [2.75, 3.05) is 0 Å². The molecule has 0 atom stereocenters. The Morgan fingerprint density at radius 3 is 2.33 bits per heavy atom. The second-order valence-electron chi connectivity index (χ2n) is 3.80. The molecule has 0 aromatic carbocycles. The van der Waals surface area contributed by atoms with E-state index in [0.29, 0.717) is 0 Å². The summed E-state index contributed by atoms with van der Waals surface area (Å²) in [6.07, 6.45) is 3.41. The van der Waals surface area contributed by atoms with E-state index in [2.05, 4.69) is 20.8 Å². The highest BCUT2D eigenvalue weighted by molar-refractivity contribution is 5.80. The first-order valence-electron chi connectivity index (χ1n) is 4.32. The minimum absolute atomic E-state index is 0.0210. The monoisotopic (exact) mass is 170 g/mol. The van der Waals surface area contributed by atoms with Crippen molar-refractivity contribution in [2.45, 2.75) is 40.5 Å². The molecular formula is C10H18O2. The second kappa shape index (κ2) is 4.29. The highest BCUT2D eigenvalue weighted by Crippen LogP contribution is 2.30. The molecule has 0 aliphatic carbocycles. The lowest BCUT2D eigenvalue weighted by atomic mass is 9.81. The van der Waals surface area contributed by atoms with Gasteiger partial charge in [0.2, 0.25) is 0 Å². The Balaban J connectivity index is 4.43. The number of carbonyl (C=O) groups is 1. The largest absolute Gasteiger partial charge is 0.478 e. The molecule has 0 amide bonds. The lowest BCUT2D eigenvalue weighted by Gasteiger charge is -2.24. The van der Waals surface area contributed by atoms with Crippen molar-refractivity contribution >= 4 is 5.97 Å². The summed E-state index contributed by atoms with van der Waals surface area (Å²) in [6, 6.07) is 0. The molecule has 2 heteroatoms. The predicted octanol–water partition coefficient (Wildman–Crippen LogP) is 2.84. The highest BCUT2D eigenvalue weighted by atomic mass is 16.4. The van der Waals surface area contributed by atoms with Crippen LogP contribution in [-0.4, -0.2) is 11.1 Å². The van der Waals surface area contributed by atoms with Gasteiger partial charge in [-0.15, -0.1) is 0 Å². The number of aliphatic carboxylic acids is 1. The molecule has 0 aliphatic heterocycles. The van der Waals surface area contributed by atoms with Crippen molar-refractivity contribution in [3.63, 3.8) is 0 Å². The van der Waals surface area contributed by atoms with Crippen LogP contribution in [0.2, 0.25) is 0 Å². The van der Waals surface area contributed by atoms with Gasteiger partial charge in [-0.2, -0.15) is 0 Å². The van der Waals surface area contributed by atoms with Gasteiger partial charge in [-0.25, -0.2) is 4.79 Å². The van der Waals surface area contributed by atoms with Crippen molar-refractivity contribution < 1.29 is 9.90 Å².